The van der Waals surface area contributed by atoms with Gasteiger partial charge < -0.3 is 10.4 Å². The first-order chi connectivity index (χ1) is 6.09. The monoisotopic (exact) mass is 183 g/mol. The Morgan fingerprint density at radius 1 is 1.77 bits per heavy atom. The van der Waals surface area contributed by atoms with Crippen molar-refractivity contribution in [1.29, 1.82) is 0 Å². The summed E-state index contributed by atoms with van der Waals surface area (Å²) < 4.78 is 1.77. The number of carbonyl (C=O) groups is 1. The molecule has 5 nitrogen and oxygen atoms in total. The topological polar surface area (TPSA) is 67.2 Å². The second kappa shape index (κ2) is 3.93. The number of rotatable bonds is 4. The zero-order valence-corrected chi connectivity index (χ0v) is 7.69. The van der Waals surface area contributed by atoms with Crippen LogP contribution in [0.3, 0.4) is 0 Å². The van der Waals surface area contributed by atoms with Crippen LogP contribution in [0.25, 0.3) is 0 Å². The van der Waals surface area contributed by atoms with E-state index in [4.69, 9.17) is 5.11 Å². The highest BCUT2D eigenvalue weighted by Gasteiger charge is 2.02. The molecule has 0 saturated carbocycles. The van der Waals surface area contributed by atoms with Gasteiger partial charge in [0.2, 0.25) is 0 Å². The van der Waals surface area contributed by atoms with Crippen molar-refractivity contribution >= 4 is 11.7 Å². The number of carboxylic acids is 1. The van der Waals surface area contributed by atoms with Crippen LogP contribution in [0.5, 0.6) is 0 Å². The van der Waals surface area contributed by atoms with E-state index in [-0.39, 0.29) is 6.54 Å². The van der Waals surface area contributed by atoms with Gasteiger partial charge in [0, 0.05) is 12.2 Å². The fourth-order valence-electron chi connectivity index (χ4n) is 0.889. The molecule has 0 spiro atoms. The maximum atomic E-state index is 10.2. The highest BCUT2D eigenvalue weighted by Crippen LogP contribution is 2.08. The van der Waals surface area contributed by atoms with Crippen molar-refractivity contribution in [2.75, 3.05) is 11.9 Å². The molecule has 0 unspecified atom stereocenters. The molecule has 0 bridgehead atoms. The lowest BCUT2D eigenvalue weighted by Crippen LogP contribution is -2.11. The van der Waals surface area contributed by atoms with E-state index in [1.807, 2.05) is 13.8 Å². The quantitative estimate of drug-likeness (QED) is 0.729. The average molecular weight is 183 g/mol. The van der Waals surface area contributed by atoms with Gasteiger partial charge in [0.15, 0.2) is 0 Å². The van der Waals surface area contributed by atoms with Crippen molar-refractivity contribution in [2.24, 2.45) is 0 Å². The minimum absolute atomic E-state index is 0.0796. The van der Waals surface area contributed by atoms with Gasteiger partial charge in [-0.25, -0.2) is 0 Å². The zero-order chi connectivity index (χ0) is 9.84. The number of nitrogens with zero attached hydrogens (tertiary/aromatic N) is 2. The Labute approximate surface area is 76.4 Å². The lowest BCUT2D eigenvalue weighted by atomic mass is 10.4. The van der Waals surface area contributed by atoms with Crippen molar-refractivity contribution < 1.29 is 9.90 Å². The number of carboxylic acid groups (broad SMARTS) is 1. The molecular weight excluding hydrogens is 170 g/mol. The number of aromatic nitrogens is 2. The Balaban J connectivity index is 2.54. The summed E-state index contributed by atoms with van der Waals surface area (Å²) in [4.78, 5) is 10.2. The van der Waals surface area contributed by atoms with Crippen LogP contribution in [-0.4, -0.2) is 27.4 Å². The fraction of sp³-hybridized carbons (Fsp3) is 0.500. The fourth-order valence-corrected chi connectivity index (χ4v) is 0.889. The number of nitrogens with one attached hydrogen (secondary N) is 1. The normalized spacial score (nSPS) is 10.4. The van der Waals surface area contributed by atoms with Crippen LogP contribution in [0.2, 0.25) is 0 Å². The van der Waals surface area contributed by atoms with Crippen molar-refractivity contribution in [2.45, 2.75) is 19.9 Å². The summed E-state index contributed by atoms with van der Waals surface area (Å²) in [6.07, 6.45) is 3.40. The number of hydrogen-bond donors (Lipinski definition) is 2. The molecule has 0 fully saturated rings. The van der Waals surface area contributed by atoms with Crippen LogP contribution < -0.4 is 5.32 Å². The van der Waals surface area contributed by atoms with Gasteiger partial charge in [0.05, 0.1) is 11.9 Å². The maximum absolute atomic E-state index is 10.2. The first kappa shape index (κ1) is 9.57. The molecule has 0 atom stereocenters. The van der Waals surface area contributed by atoms with Crippen molar-refractivity contribution in [1.82, 2.24) is 9.78 Å². The molecule has 0 radical (unpaired) electrons. The van der Waals surface area contributed by atoms with Gasteiger partial charge in [-0.05, 0) is 13.8 Å². The van der Waals surface area contributed by atoms with Crippen molar-refractivity contribution in [3.8, 4) is 0 Å². The van der Waals surface area contributed by atoms with Crippen LogP contribution in [0, 0.1) is 0 Å². The molecule has 5 heteroatoms. The molecule has 13 heavy (non-hydrogen) atoms. The van der Waals surface area contributed by atoms with Crippen LogP contribution in [0.15, 0.2) is 12.4 Å². The summed E-state index contributed by atoms with van der Waals surface area (Å²) in [7, 11) is 0. The van der Waals surface area contributed by atoms with Gasteiger partial charge >= 0.3 is 5.97 Å². The van der Waals surface area contributed by atoms with E-state index in [0.717, 1.165) is 5.69 Å². The smallest absolute Gasteiger partial charge is 0.322 e. The van der Waals surface area contributed by atoms with E-state index in [1.54, 1.807) is 17.1 Å². The van der Waals surface area contributed by atoms with E-state index < -0.39 is 5.97 Å². The molecule has 72 valence electrons. The van der Waals surface area contributed by atoms with Crippen molar-refractivity contribution in [3.05, 3.63) is 12.4 Å². The number of anilines is 1. The molecule has 0 aromatic carbocycles. The Kier molecular flexibility index (Phi) is 2.89. The first-order valence-corrected chi connectivity index (χ1v) is 4.09. The molecule has 0 aliphatic heterocycles. The molecule has 1 heterocycles. The second-order valence-electron chi connectivity index (χ2n) is 3.05. The molecule has 0 amide bonds. The predicted octanol–water partition coefficient (Wildman–Crippen LogP) is 0.960. The van der Waals surface area contributed by atoms with Gasteiger partial charge in [-0.15, -0.1) is 0 Å². The molecular formula is C8H13N3O2. The van der Waals surface area contributed by atoms with E-state index in [9.17, 15) is 4.79 Å². The zero-order valence-electron chi connectivity index (χ0n) is 7.69. The van der Waals surface area contributed by atoms with Crippen LogP contribution >= 0.6 is 0 Å². The second-order valence-corrected chi connectivity index (χ2v) is 3.05. The van der Waals surface area contributed by atoms with Gasteiger partial charge in [0.1, 0.15) is 6.54 Å². The Morgan fingerprint density at radius 2 is 2.46 bits per heavy atom. The Hall–Kier alpha value is -1.52. The summed E-state index contributed by atoms with van der Waals surface area (Å²) >= 11 is 0. The lowest BCUT2D eigenvalue weighted by molar-refractivity contribution is -0.134. The summed E-state index contributed by atoms with van der Waals surface area (Å²) in [6.45, 7) is 3.94. The van der Waals surface area contributed by atoms with Crippen LogP contribution in [0.4, 0.5) is 5.69 Å². The third-order valence-corrected chi connectivity index (χ3v) is 1.57. The van der Waals surface area contributed by atoms with Crippen LogP contribution in [0.1, 0.15) is 19.9 Å². The van der Waals surface area contributed by atoms with Gasteiger partial charge in [-0.1, -0.05) is 0 Å². The average Bonchev–Trinajstić information content (AvgIpc) is 2.48. The first-order valence-electron chi connectivity index (χ1n) is 4.09. The molecule has 0 aliphatic rings. The summed E-state index contributed by atoms with van der Waals surface area (Å²) in [6, 6.07) is 0.292. The predicted molar refractivity (Wildman–Crippen MR) is 48.7 cm³/mol. The van der Waals surface area contributed by atoms with E-state index in [2.05, 4.69) is 10.4 Å². The van der Waals surface area contributed by atoms with Gasteiger partial charge in [-0.3, -0.25) is 9.48 Å². The third kappa shape index (κ3) is 2.77. The van der Waals surface area contributed by atoms with Crippen molar-refractivity contribution in [3.63, 3.8) is 0 Å². The Morgan fingerprint density at radius 3 is 2.92 bits per heavy atom. The summed E-state index contributed by atoms with van der Waals surface area (Å²) in [5.74, 6) is -0.878. The van der Waals surface area contributed by atoms with E-state index >= 15 is 0 Å². The molecule has 0 aliphatic carbocycles. The highest BCUT2D eigenvalue weighted by molar-refractivity contribution is 5.72. The molecule has 1 aromatic rings. The lowest BCUT2D eigenvalue weighted by Gasteiger charge is -2.03. The molecule has 1 rings (SSSR count). The highest BCUT2D eigenvalue weighted by atomic mass is 16.4. The molecule has 0 saturated heterocycles. The minimum Gasteiger partial charge on any atom is -0.480 e. The van der Waals surface area contributed by atoms with Gasteiger partial charge in [-0.2, -0.15) is 5.10 Å². The summed E-state index contributed by atoms with van der Waals surface area (Å²) in [5, 5.41) is 15.2. The number of aliphatic carboxylic acids is 1. The van der Waals surface area contributed by atoms with Gasteiger partial charge in [0.25, 0.3) is 0 Å². The standard InChI is InChI=1S/C8H13N3O2/c1-6(2)11-5-7(3-10-11)9-4-8(12)13/h3,5-6,9H,4H2,1-2H3,(H,12,13). The maximum Gasteiger partial charge on any atom is 0.322 e. The van der Waals surface area contributed by atoms with E-state index in [0.29, 0.717) is 6.04 Å². The molecule has 2 N–H and O–H groups in total. The minimum atomic E-state index is -0.878. The third-order valence-electron chi connectivity index (χ3n) is 1.57. The largest absolute Gasteiger partial charge is 0.480 e. The number of hydrogen-bond acceptors (Lipinski definition) is 3. The summed E-state index contributed by atoms with van der Waals surface area (Å²) in [5.41, 5.74) is 0.733. The Bertz CT molecular complexity index is 293. The van der Waals surface area contributed by atoms with E-state index in [1.165, 1.54) is 0 Å². The SMILES string of the molecule is CC(C)n1cc(NCC(=O)O)cn1. The van der Waals surface area contributed by atoms with Crippen LogP contribution in [-0.2, 0) is 4.79 Å². The molecule has 1 aromatic heterocycles.